The Kier molecular flexibility index (Phi) is 4.41. The van der Waals surface area contributed by atoms with Crippen LogP contribution in [0.2, 0.25) is 5.02 Å². The molecule has 0 unspecified atom stereocenters. The number of nitrogen functional groups attached to an aromatic ring is 1. The lowest BCUT2D eigenvalue weighted by atomic mass is 10.1. The first kappa shape index (κ1) is 13.1. The van der Waals surface area contributed by atoms with Crippen LogP contribution < -0.4 is 16.7 Å². The Morgan fingerprint density at radius 1 is 1.28 bits per heavy atom. The number of rotatable bonds is 3. The first-order chi connectivity index (χ1) is 8.70. The van der Waals surface area contributed by atoms with Crippen molar-refractivity contribution in [1.82, 2.24) is 10.4 Å². The summed E-state index contributed by atoms with van der Waals surface area (Å²) in [5.74, 6) is 5.20. The summed E-state index contributed by atoms with van der Waals surface area (Å²) in [6.45, 7) is 1.77. The minimum absolute atomic E-state index is 0.188. The van der Waals surface area contributed by atoms with Crippen molar-refractivity contribution in [2.75, 3.05) is 18.5 Å². The second-order valence-corrected chi connectivity index (χ2v) is 4.76. The number of anilines is 1. The first-order valence-electron chi connectivity index (χ1n) is 6.03. The van der Waals surface area contributed by atoms with Crippen LogP contribution in [0.4, 0.5) is 5.69 Å². The van der Waals surface area contributed by atoms with Crippen molar-refractivity contribution < 1.29 is 4.79 Å². The molecule has 0 aliphatic carbocycles. The standard InChI is InChI=1S/C12H17ClN4O/c13-9-4-5-11(15-14)10(8-9)12(18)16-17-6-2-1-3-7-17/h4-5,8,15H,1-3,6-7,14H2,(H,16,18). The van der Waals surface area contributed by atoms with Gasteiger partial charge in [-0.1, -0.05) is 18.0 Å². The molecule has 1 aromatic carbocycles. The van der Waals surface area contributed by atoms with Crippen molar-refractivity contribution in [1.29, 1.82) is 0 Å². The molecule has 6 heteroatoms. The van der Waals surface area contributed by atoms with Crippen LogP contribution in [0.1, 0.15) is 29.6 Å². The molecule has 1 fully saturated rings. The summed E-state index contributed by atoms with van der Waals surface area (Å²) in [5, 5.41) is 2.45. The largest absolute Gasteiger partial charge is 0.323 e. The number of carbonyl (C=O) groups excluding carboxylic acids is 1. The Morgan fingerprint density at radius 2 is 2.00 bits per heavy atom. The van der Waals surface area contributed by atoms with E-state index in [1.807, 2.05) is 5.01 Å². The van der Waals surface area contributed by atoms with Crippen LogP contribution in [-0.4, -0.2) is 24.0 Å². The third-order valence-corrected chi connectivity index (χ3v) is 3.23. The van der Waals surface area contributed by atoms with Crippen molar-refractivity contribution in [3.63, 3.8) is 0 Å². The molecule has 1 amide bonds. The average Bonchev–Trinajstić information content (AvgIpc) is 2.40. The summed E-state index contributed by atoms with van der Waals surface area (Å²) in [6.07, 6.45) is 3.44. The highest BCUT2D eigenvalue weighted by Gasteiger charge is 2.16. The molecule has 1 saturated heterocycles. The zero-order valence-electron chi connectivity index (χ0n) is 10.1. The molecule has 0 bridgehead atoms. The van der Waals surface area contributed by atoms with Crippen LogP contribution in [-0.2, 0) is 0 Å². The van der Waals surface area contributed by atoms with Crippen LogP contribution >= 0.6 is 11.6 Å². The average molecular weight is 269 g/mol. The molecule has 1 aliphatic heterocycles. The molecular formula is C12H17ClN4O. The zero-order chi connectivity index (χ0) is 13.0. The van der Waals surface area contributed by atoms with Gasteiger partial charge in [0, 0.05) is 18.1 Å². The molecule has 1 heterocycles. The molecule has 4 N–H and O–H groups in total. The SMILES string of the molecule is NNc1ccc(Cl)cc1C(=O)NN1CCCCC1. The molecule has 0 spiro atoms. The topological polar surface area (TPSA) is 70.4 Å². The maximum Gasteiger partial charge on any atom is 0.267 e. The van der Waals surface area contributed by atoms with E-state index in [-0.39, 0.29) is 5.91 Å². The van der Waals surface area contributed by atoms with Gasteiger partial charge in [-0.25, -0.2) is 5.01 Å². The molecule has 0 aromatic heterocycles. The predicted octanol–water partition coefficient (Wildman–Crippen LogP) is 1.76. The lowest BCUT2D eigenvalue weighted by molar-refractivity contribution is 0.0751. The quantitative estimate of drug-likeness (QED) is 0.577. The highest BCUT2D eigenvalue weighted by Crippen LogP contribution is 2.20. The molecule has 18 heavy (non-hydrogen) atoms. The van der Waals surface area contributed by atoms with E-state index < -0.39 is 0 Å². The molecule has 98 valence electrons. The Labute approximate surface area is 111 Å². The van der Waals surface area contributed by atoms with E-state index in [0.717, 1.165) is 25.9 Å². The lowest BCUT2D eigenvalue weighted by Crippen LogP contribution is -2.45. The molecule has 0 saturated carbocycles. The smallest absolute Gasteiger partial charge is 0.267 e. The summed E-state index contributed by atoms with van der Waals surface area (Å²) in [7, 11) is 0. The van der Waals surface area contributed by atoms with Crippen LogP contribution in [0.3, 0.4) is 0 Å². The number of piperidine rings is 1. The van der Waals surface area contributed by atoms with Gasteiger partial charge in [-0.05, 0) is 31.0 Å². The number of hydrazine groups is 2. The van der Waals surface area contributed by atoms with Crippen LogP contribution in [0.15, 0.2) is 18.2 Å². The van der Waals surface area contributed by atoms with Gasteiger partial charge >= 0.3 is 0 Å². The lowest BCUT2D eigenvalue weighted by Gasteiger charge is -2.27. The van der Waals surface area contributed by atoms with Gasteiger partial charge in [0.05, 0.1) is 11.3 Å². The van der Waals surface area contributed by atoms with Gasteiger partial charge in [-0.2, -0.15) is 0 Å². The highest BCUT2D eigenvalue weighted by molar-refractivity contribution is 6.31. The maximum absolute atomic E-state index is 12.1. The molecule has 0 atom stereocenters. The van der Waals surface area contributed by atoms with Crippen molar-refractivity contribution >= 4 is 23.2 Å². The van der Waals surface area contributed by atoms with E-state index in [9.17, 15) is 4.79 Å². The molecule has 1 aliphatic rings. The van der Waals surface area contributed by atoms with E-state index in [0.29, 0.717) is 16.3 Å². The number of halogens is 1. The normalized spacial score (nSPS) is 16.3. The Bertz CT molecular complexity index is 432. The Balaban J connectivity index is 2.09. The fourth-order valence-corrected chi connectivity index (χ4v) is 2.21. The second kappa shape index (κ2) is 6.04. The fourth-order valence-electron chi connectivity index (χ4n) is 2.04. The number of hydrogen-bond acceptors (Lipinski definition) is 4. The third-order valence-electron chi connectivity index (χ3n) is 3.00. The molecule has 5 nitrogen and oxygen atoms in total. The number of carbonyl (C=O) groups is 1. The van der Waals surface area contributed by atoms with E-state index in [4.69, 9.17) is 17.4 Å². The minimum atomic E-state index is -0.188. The van der Waals surface area contributed by atoms with Crippen molar-refractivity contribution in [2.45, 2.75) is 19.3 Å². The summed E-state index contributed by atoms with van der Waals surface area (Å²) in [4.78, 5) is 12.1. The third kappa shape index (κ3) is 3.13. The Hall–Kier alpha value is -1.30. The summed E-state index contributed by atoms with van der Waals surface area (Å²) in [5.41, 5.74) is 6.40. The number of nitrogens with one attached hydrogen (secondary N) is 2. The van der Waals surface area contributed by atoms with Crippen molar-refractivity contribution in [3.8, 4) is 0 Å². The monoisotopic (exact) mass is 268 g/mol. The van der Waals surface area contributed by atoms with E-state index in [2.05, 4.69) is 10.9 Å². The number of hydrogen-bond donors (Lipinski definition) is 3. The first-order valence-corrected chi connectivity index (χ1v) is 6.40. The fraction of sp³-hybridized carbons (Fsp3) is 0.417. The number of amides is 1. The van der Waals surface area contributed by atoms with Crippen molar-refractivity contribution in [3.05, 3.63) is 28.8 Å². The van der Waals surface area contributed by atoms with Gasteiger partial charge < -0.3 is 5.43 Å². The number of nitrogens with two attached hydrogens (primary N) is 1. The highest BCUT2D eigenvalue weighted by atomic mass is 35.5. The number of benzene rings is 1. The van der Waals surface area contributed by atoms with Gasteiger partial charge in [0.15, 0.2) is 0 Å². The molecular weight excluding hydrogens is 252 g/mol. The van der Waals surface area contributed by atoms with Gasteiger partial charge in [-0.3, -0.25) is 16.1 Å². The van der Waals surface area contributed by atoms with Gasteiger partial charge in [0.1, 0.15) is 0 Å². The summed E-state index contributed by atoms with van der Waals surface area (Å²) >= 11 is 5.90. The molecule has 1 aromatic rings. The second-order valence-electron chi connectivity index (χ2n) is 4.32. The molecule has 2 rings (SSSR count). The summed E-state index contributed by atoms with van der Waals surface area (Å²) in [6, 6.07) is 4.98. The van der Waals surface area contributed by atoms with Gasteiger partial charge in [0.2, 0.25) is 0 Å². The molecule has 0 radical (unpaired) electrons. The van der Waals surface area contributed by atoms with Gasteiger partial charge in [-0.15, -0.1) is 0 Å². The van der Waals surface area contributed by atoms with Crippen LogP contribution in [0.5, 0.6) is 0 Å². The zero-order valence-corrected chi connectivity index (χ0v) is 10.8. The van der Waals surface area contributed by atoms with Crippen LogP contribution in [0.25, 0.3) is 0 Å². The van der Waals surface area contributed by atoms with Crippen molar-refractivity contribution in [2.24, 2.45) is 5.84 Å². The van der Waals surface area contributed by atoms with Gasteiger partial charge in [0.25, 0.3) is 5.91 Å². The van der Waals surface area contributed by atoms with E-state index in [1.54, 1.807) is 18.2 Å². The van der Waals surface area contributed by atoms with E-state index in [1.165, 1.54) is 6.42 Å². The summed E-state index contributed by atoms with van der Waals surface area (Å²) < 4.78 is 0. The minimum Gasteiger partial charge on any atom is -0.323 e. The van der Waals surface area contributed by atoms with E-state index >= 15 is 0 Å². The number of nitrogens with zero attached hydrogens (tertiary/aromatic N) is 1. The predicted molar refractivity (Wildman–Crippen MR) is 72.2 cm³/mol. The Morgan fingerprint density at radius 3 is 2.67 bits per heavy atom. The van der Waals surface area contributed by atoms with Crippen LogP contribution in [0, 0.1) is 0 Å². The maximum atomic E-state index is 12.1.